The Bertz CT molecular complexity index is 557. The summed E-state index contributed by atoms with van der Waals surface area (Å²) in [5.41, 5.74) is 3.36. The van der Waals surface area contributed by atoms with Crippen LogP contribution < -0.4 is 10.6 Å². The number of nitrogens with zero attached hydrogens (tertiary/aromatic N) is 1. The first-order valence-electron chi connectivity index (χ1n) is 8.53. The lowest BCUT2D eigenvalue weighted by molar-refractivity contribution is -0.124. The van der Waals surface area contributed by atoms with E-state index in [1.807, 2.05) is 19.1 Å². The van der Waals surface area contributed by atoms with Crippen LogP contribution in [0.1, 0.15) is 50.7 Å². The number of nitrogens with one attached hydrogen (secondary N) is 2. The molecule has 126 valence electrons. The molecule has 1 aromatic carbocycles. The zero-order valence-electron chi connectivity index (χ0n) is 14.2. The second-order valence-electron chi connectivity index (χ2n) is 6.08. The molecule has 0 atom stereocenters. The maximum absolute atomic E-state index is 12.0. The number of hydrogen-bond donors (Lipinski definition) is 2. The molecule has 2 rings (SSSR count). The SMILES string of the molecule is CCCCN1Cc2cccc(NC(=O)CNC(=O)CCC)c2C1. The van der Waals surface area contributed by atoms with E-state index >= 15 is 0 Å². The number of fused-ring (bicyclic) bond motifs is 1. The van der Waals surface area contributed by atoms with Gasteiger partial charge in [-0.1, -0.05) is 32.4 Å². The van der Waals surface area contributed by atoms with Crippen LogP contribution in [0.15, 0.2) is 18.2 Å². The van der Waals surface area contributed by atoms with E-state index in [0.29, 0.717) is 6.42 Å². The van der Waals surface area contributed by atoms with Gasteiger partial charge in [0.05, 0.1) is 6.54 Å². The van der Waals surface area contributed by atoms with Crippen molar-refractivity contribution < 1.29 is 9.59 Å². The lowest BCUT2D eigenvalue weighted by atomic mass is 10.1. The number of benzene rings is 1. The van der Waals surface area contributed by atoms with Gasteiger partial charge in [0.1, 0.15) is 0 Å². The molecule has 0 saturated heterocycles. The van der Waals surface area contributed by atoms with Gasteiger partial charge in [0.15, 0.2) is 0 Å². The highest BCUT2D eigenvalue weighted by Gasteiger charge is 2.21. The molecule has 0 aliphatic carbocycles. The molecule has 0 aromatic heterocycles. The Morgan fingerprint density at radius 2 is 1.96 bits per heavy atom. The molecule has 23 heavy (non-hydrogen) atoms. The van der Waals surface area contributed by atoms with Crippen LogP contribution in [0.3, 0.4) is 0 Å². The van der Waals surface area contributed by atoms with Crippen molar-refractivity contribution in [2.45, 2.75) is 52.6 Å². The normalized spacial score (nSPS) is 13.7. The van der Waals surface area contributed by atoms with Gasteiger partial charge >= 0.3 is 0 Å². The van der Waals surface area contributed by atoms with Crippen molar-refractivity contribution >= 4 is 17.5 Å². The van der Waals surface area contributed by atoms with E-state index in [4.69, 9.17) is 0 Å². The predicted molar refractivity (Wildman–Crippen MR) is 92.0 cm³/mol. The highest BCUT2D eigenvalue weighted by molar-refractivity contribution is 5.95. The summed E-state index contributed by atoms with van der Waals surface area (Å²) in [5, 5.41) is 5.58. The molecule has 2 amide bonds. The van der Waals surface area contributed by atoms with Crippen molar-refractivity contribution in [3.8, 4) is 0 Å². The molecular formula is C18H27N3O2. The van der Waals surface area contributed by atoms with E-state index < -0.39 is 0 Å². The fourth-order valence-electron chi connectivity index (χ4n) is 2.84. The second kappa shape index (κ2) is 8.67. The molecular weight excluding hydrogens is 290 g/mol. The second-order valence-corrected chi connectivity index (χ2v) is 6.08. The third-order valence-corrected chi connectivity index (χ3v) is 4.07. The third kappa shape index (κ3) is 5.06. The summed E-state index contributed by atoms with van der Waals surface area (Å²) in [5.74, 6) is -0.249. The van der Waals surface area contributed by atoms with Crippen molar-refractivity contribution in [1.29, 1.82) is 0 Å². The predicted octanol–water partition coefficient (Wildman–Crippen LogP) is 2.66. The zero-order valence-corrected chi connectivity index (χ0v) is 14.2. The lowest BCUT2D eigenvalue weighted by Crippen LogP contribution is -2.32. The molecule has 0 saturated carbocycles. The molecule has 1 aliphatic heterocycles. The molecule has 5 nitrogen and oxygen atoms in total. The van der Waals surface area contributed by atoms with Crippen molar-refractivity contribution in [3.63, 3.8) is 0 Å². The number of carbonyl (C=O) groups excluding carboxylic acids is 2. The van der Waals surface area contributed by atoms with Crippen molar-refractivity contribution in [1.82, 2.24) is 10.2 Å². The van der Waals surface area contributed by atoms with Crippen LogP contribution in [0.25, 0.3) is 0 Å². The van der Waals surface area contributed by atoms with Crippen LogP contribution in [0.4, 0.5) is 5.69 Å². The Morgan fingerprint density at radius 3 is 2.70 bits per heavy atom. The van der Waals surface area contributed by atoms with Gasteiger partial charge in [-0.05, 0) is 36.6 Å². The maximum Gasteiger partial charge on any atom is 0.243 e. The summed E-state index contributed by atoms with van der Waals surface area (Å²) in [6.07, 6.45) is 3.63. The first-order valence-corrected chi connectivity index (χ1v) is 8.53. The highest BCUT2D eigenvalue weighted by Crippen LogP contribution is 2.29. The van der Waals surface area contributed by atoms with Crippen LogP contribution in [0.5, 0.6) is 0 Å². The average Bonchev–Trinajstić information content (AvgIpc) is 2.95. The molecule has 0 bridgehead atoms. The minimum Gasteiger partial charge on any atom is -0.347 e. The Morgan fingerprint density at radius 1 is 1.13 bits per heavy atom. The Labute approximate surface area is 138 Å². The van der Waals surface area contributed by atoms with Crippen molar-refractivity contribution in [2.24, 2.45) is 0 Å². The smallest absolute Gasteiger partial charge is 0.243 e. The van der Waals surface area contributed by atoms with Crippen LogP contribution in [0, 0.1) is 0 Å². The van der Waals surface area contributed by atoms with E-state index in [2.05, 4.69) is 28.5 Å². The topological polar surface area (TPSA) is 61.4 Å². The molecule has 0 fully saturated rings. The van der Waals surface area contributed by atoms with E-state index in [1.54, 1.807) is 0 Å². The number of anilines is 1. The largest absolute Gasteiger partial charge is 0.347 e. The molecule has 5 heteroatoms. The van der Waals surface area contributed by atoms with Gasteiger partial charge in [0, 0.05) is 25.2 Å². The number of hydrogen-bond acceptors (Lipinski definition) is 3. The van der Waals surface area contributed by atoms with Gasteiger partial charge in [0.2, 0.25) is 11.8 Å². The summed E-state index contributed by atoms with van der Waals surface area (Å²) in [6, 6.07) is 6.04. The van der Waals surface area contributed by atoms with Crippen molar-refractivity contribution in [3.05, 3.63) is 29.3 Å². The molecule has 1 heterocycles. The number of rotatable bonds is 8. The highest BCUT2D eigenvalue weighted by atomic mass is 16.2. The summed E-state index contributed by atoms with van der Waals surface area (Å²) < 4.78 is 0. The molecule has 0 radical (unpaired) electrons. The fourth-order valence-corrected chi connectivity index (χ4v) is 2.84. The minimum atomic E-state index is -0.171. The van der Waals surface area contributed by atoms with Crippen LogP contribution in [0.2, 0.25) is 0 Å². The Kier molecular flexibility index (Phi) is 6.59. The molecule has 2 N–H and O–H groups in total. The van der Waals surface area contributed by atoms with Gasteiger partial charge in [0.25, 0.3) is 0 Å². The van der Waals surface area contributed by atoms with Gasteiger partial charge in [-0.25, -0.2) is 0 Å². The van der Waals surface area contributed by atoms with E-state index in [9.17, 15) is 9.59 Å². The Hall–Kier alpha value is -1.88. The number of unbranched alkanes of at least 4 members (excludes halogenated alkanes) is 1. The maximum atomic E-state index is 12.0. The monoisotopic (exact) mass is 317 g/mol. The quantitative estimate of drug-likeness (QED) is 0.775. The van der Waals surface area contributed by atoms with Crippen LogP contribution in [-0.2, 0) is 22.7 Å². The molecule has 0 spiro atoms. The molecule has 1 aromatic rings. The number of amides is 2. The standard InChI is InChI=1S/C18H27N3O2/c1-3-5-10-21-12-14-8-6-9-16(15(14)13-21)20-18(23)11-19-17(22)7-4-2/h6,8-9H,3-5,7,10-13H2,1-2H3,(H,19,22)(H,20,23). The molecule has 0 unspecified atom stereocenters. The van der Waals surface area contributed by atoms with Gasteiger partial charge in [-0.3, -0.25) is 14.5 Å². The Balaban J connectivity index is 1.91. The number of carbonyl (C=O) groups is 2. The van der Waals surface area contributed by atoms with Crippen molar-refractivity contribution in [2.75, 3.05) is 18.4 Å². The fraction of sp³-hybridized carbons (Fsp3) is 0.556. The van der Waals surface area contributed by atoms with Gasteiger partial charge in [-0.2, -0.15) is 0 Å². The van der Waals surface area contributed by atoms with E-state index in [0.717, 1.165) is 31.7 Å². The van der Waals surface area contributed by atoms with Crippen LogP contribution >= 0.6 is 0 Å². The van der Waals surface area contributed by atoms with E-state index in [-0.39, 0.29) is 18.4 Å². The van der Waals surface area contributed by atoms with Crippen LogP contribution in [-0.4, -0.2) is 29.8 Å². The van der Waals surface area contributed by atoms with E-state index in [1.165, 1.54) is 24.0 Å². The molecule has 1 aliphatic rings. The first kappa shape index (κ1) is 17.5. The zero-order chi connectivity index (χ0) is 16.7. The minimum absolute atomic E-state index is 0.0298. The summed E-state index contributed by atoms with van der Waals surface area (Å²) in [4.78, 5) is 25.9. The summed E-state index contributed by atoms with van der Waals surface area (Å²) >= 11 is 0. The average molecular weight is 317 g/mol. The first-order chi connectivity index (χ1) is 11.1. The third-order valence-electron chi connectivity index (χ3n) is 4.07. The van der Waals surface area contributed by atoms with Gasteiger partial charge < -0.3 is 10.6 Å². The summed E-state index contributed by atoms with van der Waals surface area (Å²) in [6.45, 7) is 7.09. The van der Waals surface area contributed by atoms with Gasteiger partial charge in [-0.15, -0.1) is 0 Å². The summed E-state index contributed by atoms with van der Waals surface area (Å²) in [7, 11) is 0. The lowest BCUT2D eigenvalue weighted by Gasteiger charge is -2.14.